The molecular weight excluding hydrogens is 269 g/mol. The molecule has 0 aliphatic heterocycles. The quantitative estimate of drug-likeness (QED) is 0.742. The molecule has 1 aromatic carbocycles. The van der Waals surface area contributed by atoms with Crippen molar-refractivity contribution >= 4 is 38.4 Å². The minimum Gasteiger partial charge on any atom is -0.408 e. The Morgan fingerprint density at radius 1 is 1.50 bits per heavy atom. The Hall–Kier alpha value is -0.870. The average molecular weight is 275 g/mol. The number of nitrogens with zero attached hydrogens (tertiary/aromatic N) is 1. The predicted octanol–water partition coefficient (Wildman–Crippen LogP) is 2.91. The second-order valence-electron chi connectivity index (χ2n) is 2.77. The van der Waals surface area contributed by atoms with E-state index in [9.17, 15) is 4.79 Å². The summed E-state index contributed by atoms with van der Waals surface area (Å²) in [6.07, 6.45) is 0. The monoisotopic (exact) mass is 273 g/mol. The Balaban J connectivity index is 3.08. The standard InChI is InChI=1S/C9H5BrClNO2/c1-4-12-8-6(11)3-2-5(10)7(8)9(13)14-4/h2-3H,1H3. The fourth-order valence-corrected chi connectivity index (χ4v) is 1.89. The third-order valence-corrected chi connectivity index (χ3v) is 2.76. The van der Waals surface area contributed by atoms with Gasteiger partial charge in [-0.05, 0) is 28.1 Å². The number of halogens is 2. The zero-order valence-electron chi connectivity index (χ0n) is 7.17. The normalized spacial score (nSPS) is 10.8. The Morgan fingerprint density at radius 3 is 2.93 bits per heavy atom. The largest absolute Gasteiger partial charge is 0.408 e. The van der Waals surface area contributed by atoms with E-state index < -0.39 is 5.63 Å². The minimum atomic E-state index is -0.429. The van der Waals surface area contributed by atoms with Gasteiger partial charge in [-0.15, -0.1) is 0 Å². The molecule has 1 aromatic heterocycles. The molecule has 14 heavy (non-hydrogen) atoms. The van der Waals surface area contributed by atoms with E-state index in [1.165, 1.54) is 0 Å². The number of hydrogen-bond acceptors (Lipinski definition) is 3. The van der Waals surface area contributed by atoms with E-state index in [-0.39, 0.29) is 0 Å². The smallest absolute Gasteiger partial charge is 0.348 e. The van der Waals surface area contributed by atoms with Crippen molar-refractivity contribution in [3.63, 3.8) is 0 Å². The fraction of sp³-hybridized carbons (Fsp3) is 0.111. The van der Waals surface area contributed by atoms with Crippen LogP contribution in [0.25, 0.3) is 10.9 Å². The van der Waals surface area contributed by atoms with Gasteiger partial charge in [-0.25, -0.2) is 9.78 Å². The first-order valence-corrected chi connectivity index (χ1v) is 5.02. The van der Waals surface area contributed by atoms with Crippen LogP contribution in [0, 0.1) is 6.92 Å². The van der Waals surface area contributed by atoms with Gasteiger partial charge in [0.25, 0.3) is 0 Å². The summed E-state index contributed by atoms with van der Waals surface area (Å²) in [6.45, 7) is 1.61. The molecule has 0 atom stereocenters. The van der Waals surface area contributed by atoms with E-state index in [1.54, 1.807) is 19.1 Å². The van der Waals surface area contributed by atoms with Crippen molar-refractivity contribution in [1.29, 1.82) is 0 Å². The van der Waals surface area contributed by atoms with Crippen molar-refractivity contribution in [2.75, 3.05) is 0 Å². The maximum absolute atomic E-state index is 11.5. The first kappa shape index (κ1) is 9.68. The van der Waals surface area contributed by atoms with Crippen LogP contribution in [0.3, 0.4) is 0 Å². The molecule has 0 spiro atoms. The number of aryl methyl sites for hydroxylation is 1. The summed E-state index contributed by atoms with van der Waals surface area (Å²) in [7, 11) is 0. The minimum absolute atomic E-state index is 0.308. The van der Waals surface area contributed by atoms with Crippen molar-refractivity contribution in [3.05, 3.63) is 37.9 Å². The molecule has 2 rings (SSSR count). The molecule has 3 nitrogen and oxygen atoms in total. The summed E-state index contributed by atoms with van der Waals surface area (Å²) in [5, 5.41) is 0.822. The lowest BCUT2D eigenvalue weighted by atomic mass is 10.2. The Kier molecular flexibility index (Phi) is 2.33. The molecule has 0 bridgehead atoms. The molecule has 0 amide bonds. The van der Waals surface area contributed by atoms with Crippen LogP contribution >= 0.6 is 27.5 Å². The van der Waals surface area contributed by atoms with E-state index in [2.05, 4.69) is 20.9 Å². The van der Waals surface area contributed by atoms with E-state index in [1.807, 2.05) is 0 Å². The van der Waals surface area contributed by atoms with Crippen LogP contribution in [0.2, 0.25) is 5.02 Å². The molecule has 0 radical (unpaired) electrons. The van der Waals surface area contributed by atoms with Crippen LogP contribution in [0.4, 0.5) is 0 Å². The first-order valence-electron chi connectivity index (χ1n) is 3.85. The van der Waals surface area contributed by atoms with Crippen molar-refractivity contribution in [2.45, 2.75) is 6.92 Å². The second-order valence-corrected chi connectivity index (χ2v) is 4.03. The summed E-state index contributed by atoms with van der Waals surface area (Å²) >= 11 is 9.16. The van der Waals surface area contributed by atoms with Crippen LogP contribution in [-0.2, 0) is 0 Å². The van der Waals surface area contributed by atoms with Crippen LogP contribution < -0.4 is 5.63 Å². The van der Waals surface area contributed by atoms with Crippen molar-refractivity contribution in [3.8, 4) is 0 Å². The lowest BCUT2D eigenvalue weighted by molar-refractivity contribution is 0.467. The highest BCUT2D eigenvalue weighted by atomic mass is 79.9. The third-order valence-electron chi connectivity index (χ3n) is 1.79. The topological polar surface area (TPSA) is 43.1 Å². The number of fused-ring (bicyclic) bond motifs is 1. The summed E-state index contributed by atoms with van der Waals surface area (Å²) in [5.74, 6) is 0.308. The maximum atomic E-state index is 11.5. The molecule has 0 unspecified atom stereocenters. The molecule has 72 valence electrons. The second kappa shape index (κ2) is 3.37. The highest BCUT2D eigenvalue weighted by Crippen LogP contribution is 2.26. The number of hydrogen-bond donors (Lipinski definition) is 0. The molecule has 0 aliphatic carbocycles. The van der Waals surface area contributed by atoms with Crippen LogP contribution in [0.5, 0.6) is 0 Å². The lowest BCUT2D eigenvalue weighted by Gasteiger charge is -2.00. The van der Waals surface area contributed by atoms with Gasteiger partial charge in [0, 0.05) is 11.4 Å². The van der Waals surface area contributed by atoms with Gasteiger partial charge in [-0.2, -0.15) is 0 Å². The Bertz CT molecular complexity index is 564. The molecule has 0 fully saturated rings. The Morgan fingerprint density at radius 2 is 2.21 bits per heavy atom. The molecule has 0 saturated heterocycles. The number of benzene rings is 1. The predicted molar refractivity (Wildman–Crippen MR) is 57.7 cm³/mol. The Labute approximate surface area is 92.8 Å². The van der Waals surface area contributed by atoms with E-state index in [0.29, 0.717) is 26.3 Å². The average Bonchev–Trinajstić information content (AvgIpc) is 2.10. The fourth-order valence-electron chi connectivity index (χ4n) is 1.21. The van der Waals surface area contributed by atoms with Crippen molar-refractivity contribution in [1.82, 2.24) is 4.98 Å². The van der Waals surface area contributed by atoms with Gasteiger partial charge in [0.05, 0.1) is 5.02 Å². The van der Waals surface area contributed by atoms with Gasteiger partial charge in [-0.3, -0.25) is 0 Å². The summed E-state index contributed by atoms with van der Waals surface area (Å²) in [4.78, 5) is 15.5. The van der Waals surface area contributed by atoms with Gasteiger partial charge < -0.3 is 4.42 Å². The van der Waals surface area contributed by atoms with Gasteiger partial charge >= 0.3 is 5.63 Å². The maximum Gasteiger partial charge on any atom is 0.348 e. The van der Waals surface area contributed by atoms with Crippen LogP contribution in [0.15, 0.2) is 25.8 Å². The zero-order chi connectivity index (χ0) is 10.3. The highest BCUT2D eigenvalue weighted by molar-refractivity contribution is 9.10. The molecule has 2 aromatic rings. The third kappa shape index (κ3) is 1.44. The van der Waals surface area contributed by atoms with Gasteiger partial charge in [-0.1, -0.05) is 11.6 Å². The van der Waals surface area contributed by atoms with Crippen LogP contribution in [-0.4, -0.2) is 4.98 Å². The van der Waals surface area contributed by atoms with Gasteiger partial charge in [0.2, 0.25) is 0 Å². The SMILES string of the molecule is Cc1nc2c(Cl)ccc(Br)c2c(=O)o1. The molecular formula is C9H5BrClNO2. The zero-order valence-corrected chi connectivity index (χ0v) is 9.52. The summed E-state index contributed by atoms with van der Waals surface area (Å²) in [5.41, 5.74) is 0.0386. The van der Waals surface area contributed by atoms with Crippen molar-refractivity contribution in [2.24, 2.45) is 0 Å². The molecule has 0 saturated carbocycles. The van der Waals surface area contributed by atoms with E-state index >= 15 is 0 Å². The van der Waals surface area contributed by atoms with Crippen molar-refractivity contribution < 1.29 is 4.42 Å². The molecule has 0 N–H and O–H groups in total. The van der Waals surface area contributed by atoms with E-state index in [4.69, 9.17) is 16.0 Å². The molecule has 0 aliphatic rings. The van der Waals surface area contributed by atoms with Gasteiger partial charge in [0.1, 0.15) is 10.9 Å². The summed E-state index contributed by atoms with van der Waals surface area (Å²) < 4.78 is 5.51. The first-order chi connectivity index (χ1) is 6.59. The highest BCUT2D eigenvalue weighted by Gasteiger charge is 2.10. The molecule has 5 heteroatoms. The van der Waals surface area contributed by atoms with Gasteiger partial charge in [0.15, 0.2) is 5.89 Å². The lowest BCUT2D eigenvalue weighted by Crippen LogP contribution is -2.03. The number of rotatable bonds is 0. The number of aromatic nitrogens is 1. The van der Waals surface area contributed by atoms with Crippen LogP contribution in [0.1, 0.15) is 5.89 Å². The van der Waals surface area contributed by atoms with E-state index in [0.717, 1.165) is 0 Å². The summed E-state index contributed by atoms with van der Waals surface area (Å²) in [6, 6.07) is 3.37. The molecule has 1 heterocycles.